The first-order valence-corrected chi connectivity index (χ1v) is 15.5. The number of hydrogen-bond acceptors (Lipinski definition) is 8. The van der Waals surface area contributed by atoms with Gasteiger partial charge in [0, 0.05) is 19.0 Å². The zero-order valence-corrected chi connectivity index (χ0v) is 23.4. The van der Waals surface area contributed by atoms with Crippen molar-refractivity contribution >= 4 is 37.2 Å². The van der Waals surface area contributed by atoms with E-state index in [1.165, 1.54) is 10.9 Å². The van der Waals surface area contributed by atoms with Gasteiger partial charge in [-0.3, -0.25) is 14.7 Å². The van der Waals surface area contributed by atoms with Crippen molar-refractivity contribution in [1.29, 1.82) is 0 Å². The predicted molar refractivity (Wildman–Crippen MR) is 138 cm³/mol. The number of fused-ring (bicyclic) bond motifs is 1. The number of nitrogens with zero attached hydrogens (tertiary/aromatic N) is 5. The molecule has 3 heterocycles. The fourth-order valence-electron chi connectivity index (χ4n) is 4.00. The Kier molecular flexibility index (Phi) is 7.19. The van der Waals surface area contributed by atoms with Crippen LogP contribution in [0.2, 0.25) is 18.1 Å². The molecule has 0 aromatic carbocycles. The molecular weight excluding hydrogens is 483 g/mol. The Morgan fingerprint density at radius 2 is 2.03 bits per heavy atom. The van der Waals surface area contributed by atoms with E-state index >= 15 is 4.39 Å². The van der Waals surface area contributed by atoms with Crippen molar-refractivity contribution in [3.8, 4) is 0 Å². The van der Waals surface area contributed by atoms with Crippen molar-refractivity contribution in [3.63, 3.8) is 0 Å². The van der Waals surface area contributed by atoms with Crippen LogP contribution in [0.4, 0.5) is 16.2 Å². The standard InChI is InChI=1S/C24H39FN6O4Si/c1-13(2)21(33)29-23-27-19(30(6)14-9-10-14)17-20(28-23)31(12-26-17)22-16(25)18(15(11-32)34-22)35-36(7,8)24(3,4)5/h12-16,18,22,32H,9-11H2,1-8H3,(H,27,28,29,33)/t15-,16-,18-,22-/m1/s1. The number of halogens is 1. The van der Waals surface area contributed by atoms with Gasteiger partial charge in [0.2, 0.25) is 11.9 Å². The van der Waals surface area contributed by atoms with Gasteiger partial charge in [-0.1, -0.05) is 34.6 Å². The molecule has 1 aliphatic carbocycles. The normalized spacial score (nSPS) is 25.1. The summed E-state index contributed by atoms with van der Waals surface area (Å²) in [5.74, 6) is 0.225. The number of aliphatic hydroxyl groups is 1. The molecule has 4 rings (SSSR count). The lowest BCUT2D eigenvalue weighted by atomic mass is 10.1. The van der Waals surface area contributed by atoms with Crippen molar-refractivity contribution in [2.75, 3.05) is 23.9 Å². The molecule has 12 heteroatoms. The molecule has 1 aliphatic heterocycles. The molecule has 200 valence electrons. The first kappa shape index (κ1) is 26.9. The van der Waals surface area contributed by atoms with Gasteiger partial charge >= 0.3 is 0 Å². The van der Waals surface area contributed by atoms with Crippen molar-refractivity contribution < 1.29 is 23.5 Å². The number of aliphatic hydroxyl groups excluding tert-OH is 1. The minimum absolute atomic E-state index is 0.131. The first-order chi connectivity index (χ1) is 16.7. The summed E-state index contributed by atoms with van der Waals surface area (Å²) in [6, 6.07) is 0.333. The van der Waals surface area contributed by atoms with Gasteiger partial charge in [-0.2, -0.15) is 9.97 Å². The van der Waals surface area contributed by atoms with Gasteiger partial charge < -0.3 is 19.2 Å². The maximum atomic E-state index is 16.0. The minimum atomic E-state index is -2.34. The van der Waals surface area contributed by atoms with E-state index in [4.69, 9.17) is 9.16 Å². The molecule has 2 fully saturated rings. The van der Waals surface area contributed by atoms with Crippen LogP contribution >= 0.6 is 0 Å². The Morgan fingerprint density at radius 1 is 1.36 bits per heavy atom. The van der Waals surface area contributed by atoms with Gasteiger partial charge in [-0.15, -0.1) is 0 Å². The zero-order chi connectivity index (χ0) is 26.6. The van der Waals surface area contributed by atoms with Crippen molar-refractivity contribution in [2.24, 2.45) is 5.92 Å². The highest BCUT2D eigenvalue weighted by molar-refractivity contribution is 6.74. The number of imidazole rings is 1. The highest BCUT2D eigenvalue weighted by Crippen LogP contribution is 2.43. The molecule has 2 N–H and O–H groups in total. The second kappa shape index (κ2) is 9.62. The quantitative estimate of drug-likeness (QED) is 0.505. The van der Waals surface area contributed by atoms with Crippen LogP contribution in [0, 0.1) is 5.92 Å². The second-order valence-corrected chi connectivity index (χ2v) is 16.5. The van der Waals surface area contributed by atoms with Gasteiger partial charge in [0.15, 0.2) is 37.7 Å². The summed E-state index contributed by atoms with van der Waals surface area (Å²) in [6.45, 7) is 13.5. The van der Waals surface area contributed by atoms with E-state index < -0.39 is 32.9 Å². The fourth-order valence-corrected chi connectivity index (χ4v) is 5.32. The van der Waals surface area contributed by atoms with E-state index in [0.29, 0.717) is 23.0 Å². The Labute approximate surface area is 212 Å². The number of carbonyl (C=O) groups excluding carboxylic acids is 1. The molecule has 2 aromatic heterocycles. The number of aromatic nitrogens is 4. The maximum Gasteiger partial charge on any atom is 0.233 e. The third-order valence-corrected chi connectivity index (χ3v) is 12.0. The number of ether oxygens (including phenoxy) is 1. The molecule has 36 heavy (non-hydrogen) atoms. The Bertz CT molecular complexity index is 1120. The van der Waals surface area contributed by atoms with Crippen molar-refractivity contribution in [2.45, 2.75) is 96.2 Å². The monoisotopic (exact) mass is 522 g/mol. The van der Waals surface area contributed by atoms with Crippen LogP contribution in [-0.2, 0) is 14.0 Å². The molecule has 1 amide bonds. The number of carbonyl (C=O) groups is 1. The molecule has 0 spiro atoms. The molecule has 2 aromatic rings. The third-order valence-electron chi connectivity index (χ3n) is 7.55. The molecule has 1 saturated carbocycles. The second-order valence-electron chi connectivity index (χ2n) is 11.7. The lowest BCUT2D eigenvalue weighted by Gasteiger charge is -2.39. The smallest absolute Gasteiger partial charge is 0.233 e. The molecule has 2 aliphatic rings. The Morgan fingerprint density at radius 3 is 2.58 bits per heavy atom. The van der Waals surface area contributed by atoms with E-state index in [2.05, 4.69) is 41.0 Å². The Balaban J connectivity index is 1.73. The molecular formula is C24H39FN6O4Si. The van der Waals surface area contributed by atoms with E-state index in [0.717, 1.165) is 12.8 Å². The summed E-state index contributed by atoms with van der Waals surface area (Å²) in [6.07, 6.45) is -0.830. The summed E-state index contributed by atoms with van der Waals surface area (Å²) in [5.41, 5.74) is 0.848. The van der Waals surface area contributed by atoms with Crippen LogP contribution in [-0.4, -0.2) is 76.9 Å². The van der Waals surface area contributed by atoms with Gasteiger partial charge in [-0.25, -0.2) is 9.37 Å². The van der Waals surface area contributed by atoms with Gasteiger partial charge in [0.25, 0.3) is 0 Å². The van der Waals surface area contributed by atoms with Crippen LogP contribution < -0.4 is 10.2 Å². The van der Waals surface area contributed by atoms with Gasteiger partial charge in [0.05, 0.1) is 12.9 Å². The summed E-state index contributed by atoms with van der Waals surface area (Å²) >= 11 is 0. The molecule has 1 saturated heterocycles. The third kappa shape index (κ3) is 5.00. The lowest BCUT2D eigenvalue weighted by Crippen LogP contribution is -2.49. The summed E-state index contributed by atoms with van der Waals surface area (Å²) in [4.78, 5) is 28.0. The van der Waals surface area contributed by atoms with E-state index in [9.17, 15) is 9.90 Å². The largest absolute Gasteiger partial charge is 0.408 e. The summed E-state index contributed by atoms with van der Waals surface area (Å²) < 4.78 is 29.9. The molecule has 4 atom stereocenters. The lowest BCUT2D eigenvalue weighted by molar-refractivity contribution is -0.118. The van der Waals surface area contributed by atoms with Crippen LogP contribution in [0.25, 0.3) is 11.2 Å². The Hall–Kier alpha value is -2.15. The number of nitrogens with one attached hydrogen (secondary N) is 1. The average Bonchev–Trinajstić information content (AvgIpc) is 3.49. The number of hydrogen-bond donors (Lipinski definition) is 2. The van der Waals surface area contributed by atoms with E-state index in [-0.39, 0.29) is 29.4 Å². The predicted octanol–water partition coefficient (Wildman–Crippen LogP) is 3.64. The number of rotatable bonds is 8. The number of anilines is 2. The highest BCUT2D eigenvalue weighted by atomic mass is 28.4. The number of amides is 1. The van der Waals surface area contributed by atoms with Crippen LogP contribution in [0.5, 0.6) is 0 Å². The van der Waals surface area contributed by atoms with Crippen LogP contribution in [0.15, 0.2) is 6.33 Å². The summed E-state index contributed by atoms with van der Waals surface area (Å²) in [7, 11) is -0.409. The maximum absolute atomic E-state index is 16.0. The van der Waals surface area contributed by atoms with E-state index in [1.807, 2.05) is 25.0 Å². The van der Waals surface area contributed by atoms with E-state index in [1.54, 1.807) is 13.8 Å². The average molecular weight is 523 g/mol. The number of alkyl halides is 1. The minimum Gasteiger partial charge on any atom is -0.408 e. The van der Waals surface area contributed by atoms with Gasteiger partial charge in [0.1, 0.15) is 12.2 Å². The highest BCUT2D eigenvalue weighted by Gasteiger charge is 2.51. The van der Waals surface area contributed by atoms with Crippen LogP contribution in [0.1, 0.15) is 53.7 Å². The van der Waals surface area contributed by atoms with Crippen molar-refractivity contribution in [1.82, 2.24) is 19.5 Å². The zero-order valence-electron chi connectivity index (χ0n) is 22.4. The van der Waals surface area contributed by atoms with Crippen LogP contribution in [0.3, 0.4) is 0 Å². The van der Waals surface area contributed by atoms with Crippen molar-refractivity contribution in [3.05, 3.63) is 6.33 Å². The first-order valence-electron chi connectivity index (χ1n) is 12.6. The SMILES string of the molecule is CC(C)C(=O)Nc1nc(N(C)C2CC2)c2ncn([C@@H]3O[C@H](CO)[C@@H](O[Si](C)(C)C(C)(C)C)[C@H]3F)c2n1. The summed E-state index contributed by atoms with van der Waals surface area (Å²) in [5, 5.41) is 12.6. The molecule has 0 bridgehead atoms. The van der Waals surface area contributed by atoms with Gasteiger partial charge in [-0.05, 0) is 31.0 Å². The topological polar surface area (TPSA) is 115 Å². The molecule has 0 radical (unpaired) electrons. The molecule has 10 nitrogen and oxygen atoms in total. The fraction of sp³-hybridized carbons (Fsp3) is 0.750. The molecule has 0 unspecified atom stereocenters.